The summed E-state index contributed by atoms with van der Waals surface area (Å²) in [4.78, 5) is 29.7. The Bertz CT molecular complexity index is 1590. The predicted molar refractivity (Wildman–Crippen MR) is 171 cm³/mol. The highest BCUT2D eigenvalue weighted by molar-refractivity contribution is 7.92. The highest BCUT2D eigenvalue weighted by atomic mass is 35.5. The van der Waals surface area contributed by atoms with Gasteiger partial charge < -0.3 is 10.2 Å². The lowest BCUT2D eigenvalue weighted by molar-refractivity contribution is -0.140. The molecule has 0 aromatic heterocycles. The van der Waals surface area contributed by atoms with E-state index in [0.29, 0.717) is 10.7 Å². The number of hydrogen-bond acceptors (Lipinski definition) is 4. The Hall–Kier alpha value is -4.14. The summed E-state index contributed by atoms with van der Waals surface area (Å²) in [6.45, 7) is 3.50. The van der Waals surface area contributed by atoms with Gasteiger partial charge in [0.2, 0.25) is 11.8 Å². The van der Waals surface area contributed by atoms with Crippen LogP contribution in [0.3, 0.4) is 0 Å². The molecule has 0 aliphatic rings. The van der Waals surface area contributed by atoms with Crippen molar-refractivity contribution >= 4 is 39.1 Å². The average molecular weight is 618 g/mol. The largest absolute Gasteiger partial charge is 0.352 e. The standard InChI is InChI=1S/C34H36ClN3O4S/c1-3-26(2)36-34(40)32(23-27-13-7-4-8-14-27)37(24-28-15-9-5-10-16-28)33(39)25-38(30-17-11-6-12-18-30)43(41,42)31-21-19-29(35)20-22-31/h4-22,26,32H,3,23-25H2,1-2H3,(H,36,40)/t26-,32-/m0/s1. The van der Waals surface area contributed by atoms with Crippen molar-refractivity contribution in [3.05, 3.63) is 131 Å². The number of carbonyl (C=O) groups is 2. The maximum atomic E-state index is 14.4. The van der Waals surface area contributed by atoms with Crippen molar-refractivity contribution < 1.29 is 18.0 Å². The molecule has 0 saturated carbocycles. The quantitative estimate of drug-likeness (QED) is 0.197. The fourth-order valence-corrected chi connectivity index (χ4v) is 6.17. The Morgan fingerprint density at radius 2 is 1.33 bits per heavy atom. The smallest absolute Gasteiger partial charge is 0.264 e. The molecular formula is C34H36ClN3O4S. The molecule has 0 fully saturated rings. The number of nitrogens with zero attached hydrogens (tertiary/aromatic N) is 2. The first-order chi connectivity index (χ1) is 20.7. The van der Waals surface area contributed by atoms with E-state index in [1.807, 2.05) is 74.5 Å². The van der Waals surface area contributed by atoms with Crippen molar-refractivity contribution in [2.45, 2.75) is 50.2 Å². The molecule has 1 N–H and O–H groups in total. The molecule has 0 unspecified atom stereocenters. The number of carbonyl (C=O) groups excluding carboxylic acids is 2. The van der Waals surface area contributed by atoms with Crippen molar-refractivity contribution in [2.75, 3.05) is 10.8 Å². The molecule has 9 heteroatoms. The third-order valence-corrected chi connectivity index (χ3v) is 9.23. The number of nitrogens with one attached hydrogen (secondary N) is 1. The number of halogens is 1. The maximum Gasteiger partial charge on any atom is 0.264 e. The lowest BCUT2D eigenvalue weighted by Gasteiger charge is -2.34. The van der Waals surface area contributed by atoms with E-state index in [2.05, 4.69) is 5.32 Å². The van der Waals surface area contributed by atoms with E-state index in [4.69, 9.17) is 11.6 Å². The Morgan fingerprint density at radius 3 is 1.88 bits per heavy atom. The lowest BCUT2D eigenvalue weighted by Crippen LogP contribution is -2.54. The molecule has 4 aromatic rings. The van der Waals surface area contributed by atoms with Gasteiger partial charge in [-0.2, -0.15) is 0 Å². The Morgan fingerprint density at radius 1 is 0.791 bits per heavy atom. The zero-order valence-corrected chi connectivity index (χ0v) is 25.8. The number of amides is 2. The van der Waals surface area contributed by atoms with Gasteiger partial charge in [-0.3, -0.25) is 13.9 Å². The second-order valence-electron chi connectivity index (χ2n) is 10.3. The van der Waals surface area contributed by atoms with Gasteiger partial charge in [-0.05, 0) is 60.9 Å². The monoisotopic (exact) mass is 617 g/mol. The zero-order valence-electron chi connectivity index (χ0n) is 24.3. The van der Waals surface area contributed by atoms with Gasteiger partial charge in [-0.1, -0.05) is 97.4 Å². The van der Waals surface area contributed by atoms with E-state index in [1.54, 1.807) is 30.3 Å². The summed E-state index contributed by atoms with van der Waals surface area (Å²) in [5.74, 6) is -0.806. The first-order valence-electron chi connectivity index (χ1n) is 14.2. The molecule has 7 nitrogen and oxygen atoms in total. The van der Waals surface area contributed by atoms with Gasteiger partial charge in [0.05, 0.1) is 10.6 Å². The molecule has 0 bridgehead atoms. The third kappa shape index (κ3) is 8.46. The number of sulfonamides is 1. The van der Waals surface area contributed by atoms with Crippen molar-refractivity contribution in [2.24, 2.45) is 0 Å². The molecule has 4 rings (SSSR count). The second-order valence-corrected chi connectivity index (χ2v) is 12.6. The van der Waals surface area contributed by atoms with Gasteiger partial charge >= 0.3 is 0 Å². The van der Waals surface area contributed by atoms with Crippen molar-refractivity contribution in [3.63, 3.8) is 0 Å². The van der Waals surface area contributed by atoms with Crippen LogP contribution in [0.5, 0.6) is 0 Å². The molecule has 0 spiro atoms. The number of rotatable bonds is 13. The summed E-state index contributed by atoms with van der Waals surface area (Å²) in [6, 6.07) is 32.2. The Balaban J connectivity index is 1.77. The number of para-hydroxylation sites is 1. The molecule has 0 aliphatic heterocycles. The number of anilines is 1. The lowest BCUT2D eigenvalue weighted by atomic mass is 10.0. The highest BCUT2D eigenvalue weighted by Crippen LogP contribution is 2.26. The molecule has 4 aromatic carbocycles. The molecule has 224 valence electrons. The topological polar surface area (TPSA) is 86.8 Å². The van der Waals surface area contributed by atoms with Gasteiger partial charge in [0, 0.05) is 24.0 Å². The Kier molecular flexibility index (Phi) is 11.0. The van der Waals surface area contributed by atoms with E-state index >= 15 is 0 Å². The predicted octanol–water partition coefficient (Wildman–Crippen LogP) is 6.09. The normalized spacial score (nSPS) is 12.6. The minimum Gasteiger partial charge on any atom is -0.352 e. The van der Waals surface area contributed by atoms with Gasteiger partial charge in [-0.25, -0.2) is 8.42 Å². The molecule has 2 atom stereocenters. The van der Waals surface area contributed by atoms with E-state index < -0.39 is 28.5 Å². The number of benzene rings is 4. The van der Waals surface area contributed by atoms with E-state index in [-0.39, 0.29) is 29.8 Å². The molecule has 0 saturated heterocycles. The van der Waals surface area contributed by atoms with Crippen LogP contribution in [0.15, 0.2) is 120 Å². The maximum absolute atomic E-state index is 14.4. The molecule has 43 heavy (non-hydrogen) atoms. The highest BCUT2D eigenvalue weighted by Gasteiger charge is 2.34. The van der Waals surface area contributed by atoms with Gasteiger partial charge in [0.15, 0.2) is 0 Å². The minimum atomic E-state index is -4.17. The number of hydrogen-bond donors (Lipinski definition) is 1. The molecule has 2 amide bonds. The summed E-state index contributed by atoms with van der Waals surface area (Å²) in [7, 11) is -4.17. The van der Waals surface area contributed by atoms with Crippen LogP contribution in [0.1, 0.15) is 31.4 Å². The molecule has 0 aliphatic carbocycles. The van der Waals surface area contributed by atoms with E-state index in [9.17, 15) is 18.0 Å². The van der Waals surface area contributed by atoms with Crippen LogP contribution >= 0.6 is 11.6 Å². The van der Waals surface area contributed by atoms with Crippen LogP contribution in [0.2, 0.25) is 5.02 Å². The van der Waals surface area contributed by atoms with Crippen LogP contribution in [-0.2, 0) is 32.6 Å². The van der Waals surface area contributed by atoms with Crippen molar-refractivity contribution in [1.82, 2.24) is 10.2 Å². The SMILES string of the molecule is CC[C@H](C)NC(=O)[C@H](Cc1ccccc1)N(Cc1ccccc1)C(=O)CN(c1ccccc1)S(=O)(=O)c1ccc(Cl)cc1. The summed E-state index contributed by atoms with van der Waals surface area (Å²) >= 11 is 6.03. The zero-order chi connectivity index (χ0) is 30.8. The van der Waals surface area contributed by atoms with Gasteiger partial charge in [0.25, 0.3) is 10.0 Å². The van der Waals surface area contributed by atoms with Crippen LogP contribution in [0.4, 0.5) is 5.69 Å². The minimum absolute atomic E-state index is 0.00138. The van der Waals surface area contributed by atoms with E-state index in [0.717, 1.165) is 21.9 Å². The van der Waals surface area contributed by atoms with Crippen LogP contribution in [0.25, 0.3) is 0 Å². The van der Waals surface area contributed by atoms with Gasteiger partial charge in [0.1, 0.15) is 12.6 Å². The van der Waals surface area contributed by atoms with Crippen LogP contribution < -0.4 is 9.62 Å². The summed E-state index contributed by atoms with van der Waals surface area (Å²) in [6.07, 6.45) is 0.981. The third-order valence-electron chi connectivity index (χ3n) is 7.19. The fourth-order valence-electron chi connectivity index (χ4n) is 4.63. The second kappa shape index (κ2) is 14.8. The first-order valence-corrected chi connectivity index (χ1v) is 16.0. The summed E-state index contributed by atoms with van der Waals surface area (Å²) in [5.41, 5.74) is 2.03. The molecular weight excluding hydrogens is 582 g/mol. The van der Waals surface area contributed by atoms with Crippen molar-refractivity contribution in [3.8, 4) is 0 Å². The summed E-state index contributed by atoms with van der Waals surface area (Å²) < 4.78 is 29.0. The van der Waals surface area contributed by atoms with E-state index in [1.165, 1.54) is 29.2 Å². The van der Waals surface area contributed by atoms with Crippen LogP contribution in [0, 0.1) is 0 Å². The van der Waals surface area contributed by atoms with Crippen LogP contribution in [-0.4, -0.2) is 43.8 Å². The van der Waals surface area contributed by atoms with Gasteiger partial charge in [-0.15, -0.1) is 0 Å². The fraction of sp³-hybridized carbons (Fsp3) is 0.235. The Labute approximate surface area is 259 Å². The van der Waals surface area contributed by atoms with Crippen molar-refractivity contribution in [1.29, 1.82) is 0 Å². The summed E-state index contributed by atoms with van der Waals surface area (Å²) in [5, 5.41) is 3.44. The molecule has 0 radical (unpaired) electrons. The molecule has 0 heterocycles. The first kappa shape index (κ1) is 31.8. The average Bonchev–Trinajstić information content (AvgIpc) is 3.02.